The molecule has 1 aliphatic heterocycles. The summed E-state index contributed by atoms with van der Waals surface area (Å²) in [6.07, 6.45) is -0.145. The van der Waals surface area contributed by atoms with Gasteiger partial charge in [0.15, 0.2) is 0 Å². The molecule has 8 heteroatoms. The molecule has 1 amide bonds. The second-order valence-electron chi connectivity index (χ2n) is 7.65. The molecular formula is C20H28N2O6. The highest BCUT2D eigenvalue weighted by molar-refractivity contribution is 5.98. The van der Waals surface area contributed by atoms with Gasteiger partial charge in [0.1, 0.15) is 5.60 Å². The van der Waals surface area contributed by atoms with Crippen molar-refractivity contribution >= 4 is 17.8 Å². The average molecular weight is 392 g/mol. The van der Waals surface area contributed by atoms with Gasteiger partial charge in [-0.25, -0.2) is 9.59 Å². The van der Waals surface area contributed by atoms with Gasteiger partial charge in [-0.2, -0.15) is 0 Å². The number of carbonyl (C=O) groups is 2. The fourth-order valence-electron chi connectivity index (χ4n) is 2.92. The molecule has 154 valence electrons. The summed E-state index contributed by atoms with van der Waals surface area (Å²) in [5, 5.41) is 6.81. The van der Waals surface area contributed by atoms with Crippen LogP contribution < -0.4 is 5.32 Å². The summed E-state index contributed by atoms with van der Waals surface area (Å²) >= 11 is 0. The minimum absolute atomic E-state index is 0.157. The molecule has 0 saturated heterocycles. The summed E-state index contributed by atoms with van der Waals surface area (Å²) in [7, 11) is 2.82. The summed E-state index contributed by atoms with van der Waals surface area (Å²) < 4.78 is 15.5. The number of carbonyl (C=O) groups excluding carboxylic acids is 2. The van der Waals surface area contributed by atoms with Gasteiger partial charge in [-0.05, 0) is 26.3 Å². The van der Waals surface area contributed by atoms with Gasteiger partial charge in [0, 0.05) is 20.0 Å². The first kappa shape index (κ1) is 21.7. The predicted molar refractivity (Wildman–Crippen MR) is 103 cm³/mol. The second-order valence-corrected chi connectivity index (χ2v) is 7.65. The fraction of sp³-hybridized carbons (Fsp3) is 0.550. The van der Waals surface area contributed by atoms with Gasteiger partial charge in [0.2, 0.25) is 5.60 Å². The van der Waals surface area contributed by atoms with Crippen molar-refractivity contribution in [2.75, 3.05) is 20.8 Å². The lowest BCUT2D eigenvalue weighted by Crippen LogP contribution is -2.48. The van der Waals surface area contributed by atoms with E-state index in [1.54, 1.807) is 20.8 Å². The van der Waals surface area contributed by atoms with Crippen molar-refractivity contribution in [3.8, 4) is 0 Å². The maximum absolute atomic E-state index is 12.5. The van der Waals surface area contributed by atoms with E-state index in [-0.39, 0.29) is 13.0 Å². The van der Waals surface area contributed by atoms with E-state index in [1.165, 1.54) is 14.2 Å². The fourth-order valence-corrected chi connectivity index (χ4v) is 2.92. The number of amides is 1. The zero-order valence-corrected chi connectivity index (χ0v) is 17.0. The number of nitrogens with one attached hydrogen (secondary N) is 1. The van der Waals surface area contributed by atoms with Crippen molar-refractivity contribution in [1.82, 2.24) is 5.32 Å². The highest BCUT2D eigenvalue weighted by atomic mass is 16.7. The van der Waals surface area contributed by atoms with Crippen molar-refractivity contribution in [3.05, 3.63) is 35.9 Å². The van der Waals surface area contributed by atoms with Crippen LogP contribution in [0.25, 0.3) is 0 Å². The number of methoxy groups -OCH3 is 2. The number of rotatable bonds is 7. The lowest BCUT2D eigenvalue weighted by atomic mass is 9.88. The maximum atomic E-state index is 12.5. The molecule has 0 bridgehead atoms. The van der Waals surface area contributed by atoms with E-state index >= 15 is 0 Å². The highest BCUT2D eigenvalue weighted by Gasteiger charge is 2.49. The van der Waals surface area contributed by atoms with Crippen LogP contribution in [0.3, 0.4) is 0 Å². The molecule has 0 radical (unpaired) electrons. The van der Waals surface area contributed by atoms with E-state index in [0.717, 1.165) is 5.56 Å². The van der Waals surface area contributed by atoms with Crippen LogP contribution in [0.5, 0.6) is 0 Å². The largest absolute Gasteiger partial charge is 0.466 e. The molecule has 0 fully saturated rings. The lowest BCUT2D eigenvalue weighted by molar-refractivity contribution is -0.166. The Morgan fingerprint density at radius 1 is 1.25 bits per heavy atom. The average Bonchev–Trinajstić information content (AvgIpc) is 3.05. The maximum Gasteiger partial charge on any atom is 0.408 e. The molecule has 8 nitrogen and oxygen atoms in total. The molecule has 0 aromatic heterocycles. The molecule has 28 heavy (non-hydrogen) atoms. The summed E-state index contributed by atoms with van der Waals surface area (Å²) in [5.41, 5.74) is -0.534. The van der Waals surface area contributed by atoms with E-state index in [2.05, 4.69) is 10.5 Å². The summed E-state index contributed by atoms with van der Waals surface area (Å²) in [4.78, 5) is 30.3. The van der Waals surface area contributed by atoms with E-state index < -0.39 is 29.3 Å². The van der Waals surface area contributed by atoms with Crippen molar-refractivity contribution in [2.24, 2.45) is 5.16 Å². The molecule has 1 unspecified atom stereocenters. The number of nitrogens with zero attached hydrogens (tertiary/aromatic N) is 1. The Balaban J connectivity index is 2.16. The minimum atomic E-state index is -1.28. The Kier molecular flexibility index (Phi) is 7.01. The summed E-state index contributed by atoms with van der Waals surface area (Å²) in [5.74, 6) is -0.525. The Morgan fingerprint density at radius 2 is 1.93 bits per heavy atom. The Bertz CT molecular complexity index is 713. The molecule has 2 atom stereocenters. The van der Waals surface area contributed by atoms with Crippen LogP contribution in [0.4, 0.5) is 4.79 Å². The zero-order chi connectivity index (χ0) is 20.8. The van der Waals surface area contributed by atoms with E-state index in [0.29, 0.717) is 12.1 Å². The number of benzene rings is 1. The summed E-state index contributed by atoms with van der Waals surface area (Å²) in [6, 6.07) is 8.87. The first-order valence-electron chi connectivity index (χ1n) is 9.05. The molecule has 0 aliphatic carbocycles. The molecule has 1 N–H and O–H groups in total. The third kappa shape index (κ3) is 5.69. The molecule has 1 aliphatic rings. The number of ether oxygens (including phenoxy) is 3. The van der Waals surface area contributed by atoms with Crippen molar-refractivity contribution in [2.45, 2.75) is 50.9 Å². The van der Waals surface area contributed by atoms with E-state index in [4.69, 9.17) is 19.0 Å². The highest BCUT2D eigenvalue weighted by Crippen LogP contribution is 2.31. The van der Waals surface area contributed by atoms with Crippen LogP contribution in [0.1, 0.15) is 32.8 Å². The van der Waals surface area contributed by atoms with Gasteiger partial charge < -0.3 is 24.4 Å². The van der Waals surface area contributed by atoms with Crippen LogP contribution in [-0.4, -0.2) is 55.8 Å². The molecule has 2 rings (SSSR count). The standard InChI is InChI=1S/C20H28N2O6/c1-19(2,3)27-18(24)21-16(13-25-4)15-12-20(28-22-15,17(23)26-5)11-14-9-7-6-8-10-14/h6-10,16H,11-13H2,1-5H3,(H,21,24)/t16-,20?/m1/s1. The normalized spacial score (nSPS) is 20.0. The number of esters is 1. The van der Waals surface area contributed by atoms with Crippen LogP contribution in [0.15, 0.2) is 35.5 Å². The van der Waals surface area contributed by atoms with Gasteiger partial charge >= 0.3 is 12.1 Å². The number of alkyl carbamates (subject to hydrolysis) is 1. The topological polar surface area (TPSA) is 95.5 Å². The van der Waals surface area contributed by atoms with Gasteiger partial charge in [-0.1, -0.05) is 35.5 Å². The van der Waals surface area contributed by atoms with Crippen LogP contribution in [-0.2, 0) is 30.3 Å². The smallest absolute Gasteiger partial charge is 0.408 e. The third-order valence-electron chi connectivity index (χ3n) is 4.12. The van der Waals surface area contributed by atoms with Crippen molar-refractivity contribution in [1.29, 1.82) is 0 Å². The molecular weight excluding hydrogens is 364 g/mol. The monoisotopic (exact) mass is 392 g/mol. The minimum Gasteiger partial charge on any atom is -0.466 e. The number of hydrogen-bond acceptors (Lipinski definition) is 7. The predicted octanol–water partition coefficient (Wildman–Crippen LogP) is 2.46. The number of oxime groups is 1. The lowest BCUT2D eigenvalue weighted by Gasteiger charge is -2.25. The first-order chi connectivity index (χ1) is 13.2. The molecule has 0 saturated carbocycles. The molecule has 1 aromatic carbocycles. The van der Waals surface area contributed by atoms with Crippen molar-refractivity contribution in [3.63, 3.8) is 0 Å². The first-order valence-corrected chi connectivity index (χ1v) is 9.05. The number of hydrogen-bond donors (Lipinski definition) is 1. The third-order valence-corrected chi connectivity index (χ3v) is 4.12. The summed E-state index contributed by atoms with van der Waals surface area (Å²) in [6.45, 7) is 5.48. The van der Waals surface area contributed by atoms with E-state index in [1.807, 2.05) is 30.3 Å². The zero-order valence-electron chi connectivity index (χ0n) is 17.0. The Morgan fingerprint density at radius 3 is 2.50 bits per heavy atom. The van der Waals surface area contributed by atoms with Crippen LogP contribution in [0.2, 0.25) is 0 Å². The molecule has 0 spiro atoms. The molecule has 1 aromatic rings. The van der Waals surface area contributed by atoms with E-state index in [9.17, 15) is 9.59 Å². The van der Waals surface area contributed by atoms with Gasteiger partial charge in [-0.15, -0.1) is 0 Å². The SMILES string of the molecule is COC[C@@H](NC(=O)OC(C)(C)C)C1=NOC(Cc2ccccc2)(C(=O)OC)C1. The molecule has 1 heterocycles. The van der Waals surface area contributed by atoms with Gasteiger partial charge in [0.05, 0.1) is 25.5 Å². The Hall–Kier alpha value is -2.61. The van der Waals surface area contributed by atoms with Gasteiger partial charge in [-0.3, -0.25) is 0 Å². The second kappa shape index (κ2) is 9.05. The van der Waals surface area contributed by atoms with Crippen LogP contribution >= 0.6 is 0 Å². The quantitative estimate of drug-likeness (QED) is 0.716. The Labute approximate surface area is 165 Å². The van der Waals surface area contributed by atoms with Gasteiger partial charge in [0.25, 0.3) is 0 Å². The van der Waals surface area contributed by atoms with Crippen LogP contribution in [0, 0.1) is 0 Å². The van der Waals surface area contributed by atoms with Crippen molar-refractivity contribution < 1.29 is 28.6 Å².